The van der Waals surface area contributed by atoms with Crippen molar-refractivity contribution < 1.29 is 19.1 Å². The van der Waals surface area contributed by atoms with Gasteiger partial charge in [-0.3, -0.25) is 9.48 Å². The molecule has 1 unspecified atom stereocenters. The van der Waals surface area contributed by atoms with Crippen molar-refractivity contribution in [1.29, 1.82) is 0 Å². The number of amides is 1. The fraction of sp³-hybridized carbons (Fsp3) is 0.400. The Labute approximate surface area is 215 Å². The minimum Gasteiger partial charge on any atom is -0.495 e. The van der Waals surface area contributed by atoms with Crippen LogP contribution in [0, 0.1) is 5.92 Å². The van der Waals surface area contributed by atoms with Crippen molar-refractivity contribution in [3.8, 4) is 17.0 Å². The smallest absolute Gasteiger partial charge is 0.328 e. The lowest BCUT2D eigenvalue weighted by atomic mass is 9.98. The molecule has 192 valence electrons. The minimum atomic E-state index is -0.753. The normalized spacial score (nSPS) is 12.7. The molecule has 0 saturated heterocycles. The van der Waals surface area contributed by atoms with Crippen molar-refractivity contribution >= 4 is 35.1 Å². The first-order chi connectivity index (χ1) is 17.2. The summed E-state index contributed by atoms with van der Waals surface area (Å²) in [6.07, 6.45) is 5.78. The molecule has 0 aliphatic heterocycles. The van der Waals surface area contributed by atoms with Crippen LogP contribution in [0.2, 0.25) is 5.02 Å². The number of anilines is 2. The van der Waals surface area contributed by atoms with E-state index in [0.717, 1.165) is 5.56 Å². The predicted molar refractivity (Wildman–Crippen MR) is 138 cm³/mol. The van der Waals surface area contributed by atoms with Gasteiger partial charge in [0.2, 0.25) is 5.95 Å². The van der Waals surface area contributed by atoms with Gasteiger partial charge in [0, 0.05) is 23.4 Å². The number of nitrogens with zero attached hydrogens (tertiary/aromatic N) is 4. The van der Waals surface area contributed by atoms with E-state index in [0.29, 0.717) is 40.1 Å². The summed E-state index contributed by atoms with van der Waals surface area (Å²) in [6, 6.07) is 4.32. The first-order valence-electron chi connectivity index (χ1n) is 11.6. The fourth-order valence-corrected chi connectivity index (χ4v) is 3.65. The topological polar surface area (TPSA) is 120 Å². The van der Waals surface area contributed by atoms with Crippen LogP contribution < -0.4 is 15.4 Å². The molecule has 2 aromatic heterocycles. The van der Waals surface area contributed by atoms with Crippen LogP contribution in [0.5, 0.6) is 5.75 Å². The number of esters is 1. The van der Waals surface area contributed by atoms with Gasteiger partial charge in [-0.05, 0) is 38.0 Å². The molecule has 1 aromatic carbocycles. The van der Waals surface area contributed by atoms with E-state index in [2.05, 4.69) is 25.7 Å². The lowest BCUT2D eigenvalue weighted by molar-refractivity contribution is -0.144. The molecule has 0 radical (unpaired) electrons. The molecule has 2 N–H and O–H groups in total. The Bertz CT molecular complexity index is 1230. The van der Waals surface area contributed by atoms with Crippen molar-refractivity contribution in [2.75, 3.05) is 19.5 Å². The number of methoxy groups -OCH3 is 2. The Morgan fingerprint density at radius 2 is 1.92 bits per heavy atom. The number of carbonyl (C=O) groups excluding carboxylic acids is 2. The number of carbonyl (C=O) groups is 2. The number of nitrogens with one attached hydrogen (secondary N) is 2. The van der Waals surface area contributed by atoms with Crippen molar-refractivity contribution in [2.24, 2.45) is 5.92 Å². The van der Waals surface area contributed by atoms with Crippen LogP contribution in [0.3, 0.4) is 0 Å². The Balaban J connectivity index is 1.83. The second-order valence-corrected chi connectivity index (χ2v) is 9.00. The zero-order chi connectivity index (χ0) is 26.4. The second-order valence-electron chi connectivity index (χ2n) is 8.59. The van der Waals surface area contributed by atoms with Crippen molar-refractivity contribution in [2.45, 2.75) is 46.2 Å². The van der Waals surface area contributed by atoms with E-state index in [1.165, 1.54) is 20.4 Å². The zero-order valence-electron chi connectivity index (χ0n) is 21.2. The maximum atomic E-state index is 12.9. The van der Waals surface area contributed by atoms with Crippen LogP contribution in [-0.2, 0) is 9.53 Å². The molecule has 0 saturated carbocycles. The van der Waals surface area contributed by atoms with Crippen LogP contribution >= 0.6 is 11.6 Å². The number of halogens is 1. The molecule has 10 nitrogen and oxygen atoms in total. The SMILES string of the molecule is CC[C@H](C)C(NC(=O)c1ccc(Nc2ncc(Cl)c(-c3cnn(C(C)C)c3)n2)c(OC)c1)C(=O)OC. The first-order valence-corrected chi connectivity index (χ1v) is 12.0. The fourth-order valence-electron chi connectivity index (χ4n) is 3.45. The monoisotopic (exact) mass is 514 g/mol. The summed E-state index contributed by atoms with van der Waals surface area (Å²) in [6.45, 7) is 7.88. The molecule has 2 atom stereocenters. The second kappa shape index (κ2) is 11.9. The average molecular weight is 515 g/mol. The van der Waals surface area contributed by atoms with Crippen LogP contribution in [0.1, 0.15) is 50.5 Å². The number of hydrogen-bond acceptors (Lipinski definition) is 8. The van der Waals surface area contributed by atoms with E-state index < -0.39 is 17.9 Å². The highest BCUT2D eigenvalue weighted by molar-refractivity contribution is 6.32. The van der Waals surface area contributed by atoms with Crippen LogP contribution in [0.15, 0.2) is 36.8 Å². The summed E-state index contributed by atoms with van der Waals surface area (Å²) >= 11 is 6.35. The van der Waals surface area contributed by atoms with E-state index in [9.17, 15) is 9.59 Å². The molecule has 2 heterocycles. The van der Waals surface area contributed by atoms with E-state index in [1.807, 2.05) is 38.6 Å². The van der Waals surface area contributed by atoms with Crippen LogP contribution in [0.4, 0.5) is 11.6 Å². The average Bonchev–Trinajstić information content (AvgIpc) is 3.38. The highest BCUT2D eigenvalue weighted by Gasteiger charge is 2.27. The maximum Gasteiger partial charge on any atom is 0.328 e. The molecule has 0 aliphatic carbocycles. The standard InChI is InChI=1S/C25H31ClN6O4/c1-7-15(4)21(24(34)36-6)30-23(33)16-8-9-19(20(10-16)35-5)29-25-27-12-18(26)22(31-25)17-11-28-32(13-17)14(2)3/h8-15,21H,7H2,1-6H3,(H,30,33)(H,27,29,31)/t15-,21?/m0/s1. The van der Waals surface area contributed by atoms with E-state index in [-0.39, 0.29) is 12.0 Å². The summed E-state index contributed by atoms with van der Waals surface area (Å²) in [5.74, 6) is -0.299. The molecule has 0 aliphatic rings. The Morgan fingerprint density at radius 3 is 2.53 bits per heavy atom. The molecule has 11 heteroatoms. The number of aromatic nitrogens is 4. The summed E-state index contributed by atoms with van der Waals surface area (Å²) in [4.78, 5) is 33.8. The van der Waals surface area contributed by atoms with Crippen molar-refractivity contribution in [3.63, 3.8) is 0 Å². The van der Waals surface area contributed by atoms with Crippen LogP contribution in [0.25, 0.3) is 11.3 Å². The van der Waals surface area contributed by atoms with Gasteiger partial charge in [-0.25, -0.2) is 14.8 Å². The maximum absolute atomic E-state index is 12.9. The molecule has 1 amide bonds. The van der Waals surface area contributed by atoms with Gasteiger partial charge >= 0.3 is 5.97 Å². The van der Waals surface area contributed by atoms with E-state index in [4.69, 9.17) is 21.1 Å². The van der Waals surface area contributed by atoms with Gasteiger partial charge in [0.25, 0.3) is 5.91 Å². The predicted octanol–water partition coefficient (Wildman–Crippen LogP) is 4.64. The van der Waals surface area contributed by atoms with Gasteiger partial charge < -0.3 is 20.1 Å². The van der Waals surface area contributed by atoms with Gasteiger partial charge in [-0.1, -0.05) is 31.9 Å². The molecule has 0 spiro atoms. The molecule has 3 aromatic rings. The molecule has 0 fully saturated rings. The van der Waals surface area contributed by atoms with Gasteiger partial charge in [0.05, 0.1) is 43.0 Å². The molecular formula is C25H31ClN6O4. The van der Waals surface area contributed by atoms with Crippen molar-refractivity contribution in [1.82, 2.24) is 25.1 Å². The van der Waals surface area contributed by atoms with Gasteiger partial charge in [0.15, 0.2) is 0 Å². The van der Waals surface area contributed by atoms with E-state index in [1.54, 1.807) is 24.4 Å². The van der Waals surface area contributed by atoms with Gasteiger partial charge in [0.1, 0.15) is 11.8 Å². The number of ether oxygens (including phenoxy) is 2. The van der Waals surface area contributed by atoms with Crippen molar-refractivity contribution in [3.05, 3.63) is 47.4 Å². The largest absolute Gasteiger partial charge is 0.495 e. The molecule has 36 heavy (non-hydrogen) atoms. The number of rotatable bonds is 10. The minimum absolute atomic E-state index is 0.0897. The Hall–Kier alpha value is -3.66. The van der Waals surface area contributed by atoms with E-state index >= 15 is 0 Å². The van der Waals surface area contributed by atoms with Crippen LogP contribution in [-0.4, -0.2) is 51.9 Å². The lowest BCUT2D eigenvalue weighted by Crippen LogP contribution is -2.45. The Kier molecular flexibility index (Phi) is 8.87. The summed E-state index contributed by atoms with van der Waals surface area (Å²) in [5.41, 5.74) is 2.18. The highest BCUT2D eigenvalue weighted by Crippen LogP contribution is 2.31. The third-order valence-electron chi connectivity index (χ3n) is 5.81. The van der Waals surface area contributed by atoms with Gasteiger partial charge in [-0.15, -0.1) is 0 Å². The zero-order valence-corrected chi connectivity index (χ0v) is 22.0. The molecule has 3 rings (SSSR count). The Morgan fingerprint density at radius 1 is 1.17 bits per heavy atom. The summed E-state index contributed by atoms with van der Waals surface area (Å²) < 4.78 is 12.2. The molecular weight excluding hydrogens is 484 g/mol. The lowest BCUT2D eigenvalue weighted by Gasteiger charge is -2.22. The third-order valence-corrected chi connectivity index (χ3v) is 6.09. The summed E-state index contributed by atoms with van der Waals surface area (Å²) in [5, 5.41) is 10.6. The first kappa shape index (κ1) is 26.9. The summed E-state index contributed by atoms with van der Waals surface area (Å²) in [7, 11) is 2.79. The third kappa shape index (κ3) is 6.12. The van der Waals surface area contributed by atoms with Gasteiger partial charge in [-0.2, -0.15) is 5.10 Å². The quantitative estimate of drug-likeness (QED) is 0.375. The molecule has 0 bridgehead atoms. The number of benzene rings is 1. The highest BCUT2D eigenvalue weighted by atomic mass is 35.5. The number of hydrogen-bond donors (Lipinski definition) is 2.